The standard InChI is InChI=1S/C18H21FN6O/c1-11-8-16(20)25(23-11)10-17(26)24-6-4-12(5-7-24)18-21-14-3-2-13(19)9-15(14)22-18/h2-3,8-9,12H,4-7,10,20H2,1H3,(H,21,22). The van der Waals surface area contributed by atoms with Gasteiger partial charge in [-0.15, -0.1) is 0 Å². The quantitative estimate of drug-likeness (QED) is 0.752. The first-order chi connectivity index (χ1) is 12.5. The zero-order chi connectivity index (χ0) is 18.3. The van der Waals surface area contributed by atoms with Gasteiger partial charge in [0.25, 0.3) is 0 Å². The summed E-state index contributed by atoms with van der Waals surface area (Å²) in [4.78, 5) is 22.1. The molecule has 0 saturated carbocycles. The number of rotatable bonds is 3. The van der Waals surface area contributed by atoms with Crippen LogP contribution in [0.25, 0.3) is 11.0 Å². The predicted molar refractivity (Wildman–Crippen MR) is 96.0 cm³/mol. The Labute approximate surface area is 150 Å². The van der Waals surface area contributed by atoms with Gasteiger partial charge >= 0.3 is 0 Å². The number of hydrogen-bond acceptors (Lipinski definition) is 4. The fourth-order valence-electron chi connectivity index (χ4n) is 3.52. The number of fused-ring (bicyclic) bond motifs is 1. The second-order valence-corrected chi connectivity index (χ2v) is 6.81. The number of piperidine rings is 1. The van der Waals surface area contributed by atoms with Crippen molar-refractivity contribution in [2.45, 2.75) is 32.2 Å². The number of aromatic nitrogens is 4. The Morgan fingerprint density at radius 2 is 2.12 bits per heavy atom. The average molecular weight is 356 g/mol. The van der Waals surface area contributed by atoms with E-state index in [1.807, 2.05) is 11.8 Å². The average Bonchev–Trinajstić information content (AvgIpc) is 3.17. The van der Waals surface area contributed by atoms with Crippen LogP contribution in [0.15, 0.2) is 24.3 Å². The molecule has 1 amide bonds. The number of imidazole rings is 1. The minimum atomic E-state index is -0.277. The number of H-pyrrole nitrogens is 1. The molecule has 3 heterocycles. The number of amides is 1. The van der Waals surface area contributed by atoms with Crippen molar-refractivity contribution in [3.8, 4) is 0 Å². The van der Waals surface area contributed by atoms with Gasteiger partial charge in [0, 0.05) is 25.1 Å². The highest BCUT2D eigenvalue weighted by Gasteiger charge is 2.26. The summed E-state index contributed by atoms with van der Waals surface area (Å²) in [6.07, 6.45) is 1.64. The molecule has 3 aromatic rings. The lowest BCUT2D eigenvalue weighted by molar-refractivity contribution is -0.133. The van der Waals surface area contributed by atoms with Crippen LogP contribution in [-0.2, 0) is 11.3 Å². The number of carbonyl (C=O) groups is 1. The monoisotopic (exact) mass is 356 g/mol. The van der Waals surface area contributed by atoms with Crippen LogP contribution in [0.3, 0.4) is 0 Å². The van der Waals surface area contributed by atoms with E-state index in [4.69, 9.17) is 5.73 Å². The number of nitrogens with two attached hydrogens (primary N) is 1. The van der Waals surface area contributed by atoms with Crippen molar-refractivity contribution in [2.75, 3.05) is 18.8 Å². The van der Waals surface area contributed by atoms with Crippen LogP contribution in [0.1, 0.15) is 30.3 Å². The molecule has 26 heavy (non-hydrogen) atoms. The molecule has 4 rings (SSSR count). The fraction of sp³-hybridized carbons (Fsp3) is 0.389. The van der Waals surface area contributed by atoms with Gasteiger partial charge < -0.3 is 15.6 Å². The van der Waals surface area contributed by atoms with Crippen LogP contribution in [0, 0.1) is 12.7 Å². The summed E-state index contributed by atoms with van der Waals surface area (Å²) in [6, 6.07) is 6.31. The van der Waals surface area contributed by atoms with E-state index in [0.717, 1.165) is 29.9 Å². The van der Waals surface area contributed by atoms with E-state index in [-0.39, 0.29) is 24.2 Å². The highest BCUT2D eigenvalue weighted by atomic mass is 19.1. The number of likely N-dealkylation sites (tertiary alicyclic amines) is 1. The number of nitrogen functional groups attached to an aromatic ring is 1. The summed E-state index contributed by atoms with van der Waals surface area (Å²) in [5.74, 6) is 1.35. The van der Waals surface area contributed by atoms with Gasteiger partial charge in [-0.05, 0) is 38.0 Å². The maximum absolute atomic E-state index is 13.3. The first-order valence-corrected chi connectivity index (χ1v) is 8.72. The highest BCUT2D eigenvalue weighted by molar-refractivity contribution is 5.77. The summed E-state index contributed by atoms with van der Waals surface area (Å²) < 4.78 is 14.9. The normalized spacial score (nSPS) is 15.7. The summed E-state index contributed by atoms with van der Waals surface area (Å²) in [5, 5.41) is 4.24. The van der Waals surface area contributed by atoms with E-state index in [0.29, 0.717) is 24.4 Å². The molecular weight excluding hydrogens is 335 g/mol. The molecule has 8 heteroatoms. The van der Waals surface area contributed by atoms with Crippen LogP contribution in [0.2, 0.25) is 0 Å². The first-order valence-electron chi connectivity index (χ1n) is 8.72. The summed E-state index contributed by atoms with van der Waals surface area (Å²) in [7, 11) is 0. The second-order valence-electron chi connectivity index (χ2n) is 6.81. The minimum absolute atomic E-state index is 0.0185. The van der Waals surface area contributed by atoms with Gasteiger partial charge in [-0.1, -0.05) is 0 Å². The van der Waals surface area contributed by atoms with E-state index in [2.05, 4.69) is 15.1 Å². The molecule has 1 aromatic carbocycles. The van der Waals surface area contributed by atoms with Gasteiger partial charge in [0.2, 0.25) is 5.91 Å². The van der Waals surface area contributed by atoms with Crippen molar-refractivity contribution in [1.29, 1.82) is 0 Å². The van der Waals surface area contributed by atoms with Crippen LogP contribution in [0.4, 0.5) is 10.2 Å². The molecule has 0 bridgehead atoms. The third kappa shape index (κ3) is 3.14. The van der Waals surface area contributed by atoms with Crippen molar-refractivity contribution in [3.63, 3.8) is 0 Å². The Hall–Kier alpha value is -2.90. The number of benzene rings is 1. The zero-order valence-corrected chi connectivity index (χ0v) is 14.6. The molecule has 3 N–H and O–H groups in total. The van der Waals surface area contributed by atoms with Gasteiger partial charge in [0.05, 0.1) is 16.7 Å². The third-order valence-corrected chi connectivity index (χ3v) is 4.91. The van der Waals surface area contributed by atoms with E-state index in [1.54, 1.807) is 12.1 Å². The summed E-state index contributed by atoms with van der Waals surface area (Å²) in [5.41, 5.74) is 8.14. The molecule has 1 fully saturated rings. The largest absolute Gasteiger partial charge is 0.384 e. The lowest BCUT2D eigenvalue weighted by atomic mass is 9.96. The van der Waals surface area contributed by atoms with Crippen molar-refractivity contribution < 1.29 is 9.18 Å². The Morgan fingerprint density at radius 3 is 2.81 bits per heavy atom. The molecular formula is C18H21FN6O. The van der Waals surface area contributed by atoms with Crippen LogP contribution in [0.5, 0.6) is 0 Å². The molecule has 136 valence electrons. The van der Waals surface area contributed by atoms with E-state index in [1.165, 1.54) is 16.8 Å². The van der Waals surface area contributed by atoms with Gasteiger partial charge in [-0.25, -0.2) is 14.1 Å². The molecule has 1 aliphatic heterocycles. The van der Waals surface area contributed by atoms with Crippen LogP contribution >= 0.6 is 0 Å². The number of halogens is 1. The third-order valence-electron chi connectivity index (χ3n) is 4.91. The van der Waals surface area contributed by atoms with Crippen molar-refractivity contribution >= 4 is 22.8 Å². The number of carbonyl (C=O) groups excluding carboxylic acids is 1. The minimum Gasteiger partial charge on any atom is -0.384 e. The van der Waals surface area contributed by atoms with Crippen LogP contribution < -0.4 is 5.73 Å². The lowest BCUT2D eigenvalue weighted by Crippen LogP contribution is -2.40. The SMILES string of the molecule is Cc1cc(N)n(CC(=O)N2CCC(c3nc4ccc(F)cc4[nH]3)CC2)n1. The molecule has 0 radical (unpaired) electrons. The van der Waals surface area contributed by atoms with Crippen molar-refractivity contribution in [3.05, 3.63) is 41.6 Å². The van der Waals surface area contributed by atoms with Gasteiger partial charge in [0.1, 0.15) is 24.0 Å². The molecule has 0 atom stereocenters. The fourth-order valence-corrected chi connectivity index (χ4v) is 3.52. The van der Waals surface area contributed by atoms with Gasteiger partial charge in [-0.2, -0.15) is 5.10 Å². The number of aryl methyl sites for hydroxylation is 1. The molecule has 7 nitrogen and oxygen atoms in total. The Kier molecular flexibility index (Phi) is 4.10. The number of aromatic amines is 1. The molecule has 0 spiro atoms. The lowest BCUT2D eigenvalue weighted by Gasteiger charge is -2.31. The van der Waals surface area contributed by atoms with Crippen molar-refractivity contribution in [2.24, 2.45) is 0 Å². The smallest absolute Gasteiger partial charge is 0.244 e. The molecule has 2 aromatic heterocycles. The molecule has 0 aliphatic carbocycles. The Bertz CT molecular complexity index is 954. The number of nitrogens with one attached hydrogen (secondary N) is 1. The van der Waals surface area contributed by atoms with Crippen molar-refractivity contribution in [1.82, 2.24) is 24.6 Å². The maximum Gasteiger partial charge on any atom is 0.244 e. The number of anilines is 1. The first kappa shape index (κ1) is 16.6. The number of nitrogens with zero attached hydrogens (tertiary/aromatic N) is 4. The van der Waals surface area contributed by atoms with E-state index >= 15 is 0 Å². The zero-order valence-electron chi connectivity index (χ0n) is 14.6. The number of hydrogen-bond donors (Lipinski definition) is 2. The Balaban J connectivity index is 1.40. The van der Waals surface area contributed by atoms with Gasteiger partial charge in [-0.3, -0.25) is 4.79 Å². The molecule has 1 aliphatic rings. The molecule has 1 saturated heterocycles. The topological polar surface area (TPSA) is 92.8 Å². The van der Waals surface area contributed by atoms with Crippen LogP contribution in [-0.4, -0.2) is 43.6 Å². The summed E-state index contributed by atoms with van der Waals surface area (Å²) >= 11 is 0. The second kappa shape index (κ2) is 6.44. The molecule has 0 unspecified atom stereocenters. The predicted octanol–water partition coefficient (Wildman–Crippen LogP) is 2.20. The maximum atomic E-state index is 13.3. The Morgan fingerprint density at radius 1 is 1.35 bits per heavy atom. The van der Waals surface area contributed by atoms with Gasteiger partial charge in [0.15, 0.2) is 0 Å². The summed E-state index contributed by atoms with van der Waals surface area (Å²) in [6.45, 7) is 3.33. The van der Waals surface area contributed by atoms with E-state index < -0.39 is 0 Å². The highest BCUT2D eigenvalue weighted by Crippen LogP contribution is 2.28. The van der Waals surface area contributed by atoms with E-state index in [9.17, 15) is 9.18 Å².